The fraction of sp³-hybridized carbons (Fsp3) is 0.143. The minimum Gasteiger partial charge on any atom is -0.493 e. The van der Waals surface area contributed by atoms with E-state index in [0.29, 0.717) is 6.61 Å². The molecule has 0 unspecified atom stereocenters. The first kappa shape index (κ1) is 15.9. The van der Waals surface area contributed by atoms with E-state index in [-0.39, 0.29) is 0 Å². The van der Waals surface area contributed by atoms with Crippen molar-refractivity contribution in [2.24, 2.45) is 0 Å². The molecule has 0 bridgehead atoms. The Morgan fingerprint density at radius 3 is 1.96 bits per heavy atom. The van der Waals surface area contributed by atoms with Gasteiger partial charge in [0.2, 0.25) is 0 Å². The lowest BCUT2D eigenvalue weighted by Gasteiger charge is -2.32. The lowest BCUT2D eigenvalue weighted by Crippen LogP contribution is -2.26. The van der Waals surface area contributed by atoms with Gasteiger partial charge in [-0.3, -0.25) is 0 Å². The van der Waals surface area contributed by atoms with Crippen molar-refractivity contribution in [3.8, 4) is 11.5 Å². The first-order valence-corrected chi connectivity index (χ1v) is 9.08. The molecule has 1 heterocycles. The zero-order chi connectivity index (χ0) is 17.1. The average molecular weight is 349 g/mol. The molecule has 3 nitrogen and oxygen atoms in total. The number of hydrogen-bond donors (Lipinski definition) is 0. The van der Waals surface area contributed by atoms with Crippen LogP contribution in [-0.4, -0.2) is 20.3 Å². The van der Waals surface area contributed by atoms with Gasteiger partial charge in [-0.1, -0.05) is 48.2 Å². The molecule has 0 amide bonds. The number of anilines is 2. The molecule has 1 aliphatic rings. The van der Waals surface area contributed by atoms with Crippen molar-refractivity contribution in [1.82, 2.24) is 0 Å². The van der Waals surface area contributed by atoms with Gasteiger partial charge in [-0.2, -0.15) is 0 Å². The van der Waals surface area contributed by atoms with Gasteiger partial charge in [0.1, 0.15) is 6.61 Å². The number of methoxy groups -OCH3 is 1. The van der Waals surface area contributed by atoms with Crippen LogP contribution < -0.4 is 14.4 Å². The maximum Gasteiger partial charge on any atom is 0.161 e. The van der Waals surface area contributed by atoms with Crippen LogP contribution in [0.25, 0.3) is 0 Å². The minimum absolute atomic E-state index is 0.577. The predicted molar refractivity (Wildman–Crippen MR) is 103 cm³/mol. The third kappa shape index (κ3) is 3.17. The van der Waals surface area contributed by atoms with Gasteiger partial charge in [0.05, 0.1) is 25.0 Å². The number of hydrogen-bond acceptors (Lipinski definition) is 4. The Morgan fingerprint density at radius 1 is 0.760 bits per heavy atom. The summed E-state index contributed by atoms with van der Waals surface area (Å²) in [4.78, 5) is 4.88. The maximum atomic E-state index is 5.99. The minimum atomic E-state index is 0.577. The molecule has 0 saturated carbocycles. The van der Waals surface area contributed by atoms with Crippen LogP contribution in [0.15, 0.2) is 82.6 Å². The monoisotopic (exact) mass is 349 g/mol. The molecule has 0 atom stereocenters. The molecule has 1 aliphatic heterocycles. The predicted octanol–water partition coefficient (Wildman–Crippen LogP) is 5.38. The maximum absolute atomic E-state index is 5.99. The highest BCUT2D eigenvalue weighted by atomic mass is 32.2. The summed E-state index contributed by atoms with van der Waals surface area (Å²) in [6, 6.07) is 24.8. The summed E-state index contributed by atoms with van der Waals surface area (Å²) in [5.41, 5.74) is 2.46. The van der Waals surface area contributed by atoms with Gasteiger partial charge in [0.25, 0.3) is 0 Å². The van der Waals surface area contributed by atoms with Crippen molar-refractivity contribution < 1.29 is 9.47 Å². The van der Waals surface area contributed by atoms with E-state index in [2.05, 4.69) is 53.4 Å². The molecule has 0 saturated heterocycles. The van der Waals surface area contributed by atoms with Crippen LogP contribution in [0.1, 0.15) is 0 Å². The highest BCUT2D eigenvalue weighted by Gasteiger charge is 2.22. The largest absolute Gasteiger partial charge is 0.493 e. The first-order valence-electron chi connectivity index (χ1n) is 8.26. The highest BCUT2D eigenvalue weighted by Crippen LogP contribution is 2.47. The Hall–Kier alpha value is -2.59. The third-order valence-electron chi connectivity index (χ3n) is 4.17. The number of rotatable bonds is 5. The topological polar surface area (TPSA) is 21.7 Å². The number of nitrogens with zero attached hydrogens (tertiary/aromatic N) is 1. The van der Waals surface area contributed by atoms with Gasteiger partial charge in [0.15, 0.2) is 11.5 Å². The van der Waals surface area contributed by atoms with Gasteiger partial charge in [0, 0.05) is 9.79 Å². The fourth-order valence-corrected chi connectivity index (χ4v) is 4.10. The van der Waals surface area contributed by atoms with E-state index in [1.54, 1.807) is 7.11 Å². The summed E-state index contributed by atoms with van der Waals surface area (Å²) >= 11 is 1.82. The van der Waals surface area contributed by atoms with Gasteiger partial charge in [-0.05, 0) is 36.4 Å². The van der Waals surface area contributed by atoms with Gasteiger partial charge < -0.3 is 14.4 Å². The summed E-state index contributed by atoms with van der Waals surface area (Å²) < 4.78 is 11.3. The van der Waals surface area contributed by atoms with Crippen molar-refractivity contribution in [3.05, 3.63) is 72.8 Å². The zero-order valence-electron chi connectivity index (χ0n) is 14.0. The van der Waals surface area contributed by atoms with Crippen LogP contribution in [0.4, 0.5) is 11.4 Å². The molecular formula is C21H19NO2S. The van der Waals surface area contributed by atoms with E-state index in [9.17, 15) is 0 Å². The number of para-hydroxylation sites is 4. The second-order valence-electron chi connectivity index (χ2n) is 5.69. The van der Waals surface area contributed by atoms with Gasteiger partial charge >= 0.3 is 0 Å². The van der Waals surface area contributed by atoms with Crippen molar-refractivity contribution in [3.63, 3.8) is 0 Å². The van der Waals surface area contributed by atoms with Crippen LogP contribution >= 0.6 is 11.8 Å². The second kappa shape index (κ2) is 7.11. The van der Waals surface area contributed by atoms with E-state index in [4.69, 9.17) is 9.47 Å². The SMILES string of the molecule is COc1ccccc1OCCN1c2ccccc2Sc2ccccc21. The third-order valence-corrected chi connectivity index (χ3v) is 5.30. The molecule has 0 fully saturated rings. The molecule has 4 heteroatoms. The van der Waals surface area contributed by atoms with Crippen molar-refractivity contribution >= 4 is 23.1 Å². The van der Waals surface area contributed by atoms with E-state index < -0.39 is 0 Å². The Kier molecular flexibility index (Phi) is 4.53. The van der Waals surface area contributed by atoms with Crippen molar-refractivity contribution in [2.75, 3.05) is 25.2 Å². The van der Waals surface area contributed by atoms with Crippen molar-refractivity contribution in [1.29, 1.82) is 0 Å². The molecule has 0 N–H and O–H groups in total. The van der Waals surface area contributed by atoms with Gasteiger partial charge in [-0.25, -0.2) is 0 Å². The van der Waals surface area contributed by atoms with Crippen LogP contribution in [-0.2, 0) is 0 Å². The van der Waals surface area contributed by atoms with E-state index >= 15 is 0 Å². The van der Waals surface area contributed by atoms with Gasteiger partial charge in [-0.15, -0.1) is 0 Å². The quantitative estimate of drug-likeness (QED) is 0.617. The molecule has 126 valence electrons. The molecule has 0 aliphatic carbocycles. The molecule has 0 radical (unpaired) electrons. The second-order valence-corrected chi connectivity index (χ2v) is 6.77. The highest BCUT2D eigenvalue weighted by molar-refractivity contribution is 7.99. The smallest absolute Gasteiger partial charge is 0.161 e. The summed E-state index contributed by atoms with van der Waals surface area (Å²) in [5.74, 6) is 1.54. The summed E-state index contributed by atoms with van der Waals surface area (Å²) in [5, 5.41) is 0. The number of benzene rings is 3. The number of fused-ring (bicyclic) bond motifs is 2. The summed E-state index contributed by atoms with van der Waals surface area (Å²) in [7, 11) is 1.66. The van der Waals surface area contributed by atoms with Crippen LogP contribution in [0.3, 0.4) is 0 Å². The Balaban J connectivity index is 1.56. The molecular weight excluding hydrogens is 330 g/mol. The van der Waals surface area contributed by atoms with E-state index in [1.807, 2.05) is 36.0 Å². The van der Waals surface area contributed by atoms with Crippen LogP contribution in [0.2, 0.25) is 0 Å². The van der Waals surface area contributed by atoms with E-state index in [0.717, 1.165) is 18.0 Å². The normalized spacial score (nSPS) is 12.3. The molecule has 3 aromatic carbocycles. The van der Waals surface area contributed by atoms with Crippen molar-refractivity contribution in [2.45, 2.75) is 9.79 Å². The molecule has 0 aromatic heterocycles. The lowest BCUT2D eigenvalue weighted by molar-refractivity contribution is 0.302. The summed E-state index contributed by atoms with van der Waals surface area (Å²) in [6.07, 6.45) is 0. The Bertz CT molecular complexity index is 836. The average Bonchev–Trinajstić information content (AvgIpc) is 2.67. The Morgan fingerprint density at radius 2 is 1.32 bits per heavy atom. The lowest BCUT2D eigenvalue weighted by atomic mass is 10.2. The zero-order valence-corrected chi connectivity index (χ0v) is 14.8. The first-order chi connectivity index (χ1) is 12.4. The number of ether oxygens (including phenoxy) is 2. The molecule has 0 spiro atoms. The molecule has 4 rings (SSSR count). The van der Waals surface area contributed by atoms with Crippen LogP contribution in [0, 0.1) is 0 Å². The Labute approximate surface area is 152 Å². The standard InChI is InChI=1S/C21H19NO2S/c1-23-18-10-4-5-11-19(18)24-15-14-22-16-8-2-6-12-20(16)25-21-13-7-3-9-17(21)22/h2-13H,14-15H2,1H3. The fourth-order valence-electron chi connectivity index (χ4n) is 3.01. The summed E-state index contributed by atoms with van der Waals surface area (Å²) in [6.45, 7) is 1.35. The molecule has 3 aromatic rings. The molecule has 25 heavy (non-hydrogen) atoms. The van der Waals surface area contributed by atoms with E-state index in [1.165, 1.54) is 21.2 Å². The van der Waals surface area contributed by atoms with Crippen LogP contribution in [0.5, 0.6) is 11.5 Å².